The summed E-state index contributed by atoms with van der Waals surface area (Å²) in [6.45, 7) is 2.60. The maximum atomic E-state index is 6.20. The Hall–Kier alpha value is -1.66. The van der Waals surface area contributed by atoms with E-state index in [1.165, 1.54) is 0 Å². The fourth-order valence-corrected chi connectivity index (χ4v) is 2.16. The maximum Gasteiger partial charge on any atom is 0.183 e. The van der Waals surface area contributed by atoms with Crippen LogP contribution in [0.2, 0.25) is 5.02 Å². The van der Waals surface area contributed by atoms with Crippen molar-refractivity contribution in [3.63, 3.8) is 0 Å². The van der Waals surface area contributed by atoms with E-state index in [0.717, 1.165) is 12.0 Å². The minimum Gasteiger partial charge on any atom is -0.399 e. The number of anilines is 1. The van der Waals surface area contributed by atoms with Crippen LogP contribution in [-0.4, -0.2) is 33.9 Å². The standard InChI is InChI=1S/C12H16ClN5O/c1-3-9(7-19-2)18-12(15-16-17-18)10-5-4-8(14)6-11(10)13/h4-6,9H,3,7,14H2,1-2H3. The maximum absolute atomic E-state index is 6.20. The first kappa shape index (κ1) is 13.8. The Morgan fingerprint density at radius 3 is 2.89 bits per heavy atom. The predicted octanol–water partition coefficient (Wildman–Crippen LogP) is 2.17. The molecule has 1 heterocycles. The molecule has 2 aromatic rings. The van der Waals surface area contributed by atoms with Gasteiger partial charge in [0.05, 0.1) is 17.7 Å². The smallest absolute Gasteiger partial charge is 0.183 e. The van der Waals surface area contributed by atoms with Gasteiger partial charge in [-0.15, -0.1) is 5.10 Å². The van der Waals surface area contributed by atoms with Gasteiger partial charge in [0.15, 0.2) is 5.82 Å². The molecule has 0 spiro atoms. The van der Waals surface area contributed by atoms with Gasteiger partial charge >= 0.3 is 0 Å². The summed E-state index contributed by atoms with van der Waals surface area (Å²) in [5.74, 6) is 0.619. The zero-order valence-corrected chi connectivity index (χ0v) is 11.6. The SMILES string of the molecule is CCC(COC)n1nnnc1-c1ccc(N)cc1Cl. The number of hydrogen-bond donors (Lipinski definition) is 1. The molecular weight excluding hydrogens is 266 g/mol. The van der Waals surface area contributed by atoms with E-state index < -0.39 is 0 Å². The number of rotatable bonds is 5. The first-order chi connectivity index (χ1) is 9.17. The van der Waals surface area contributed by atoms with Gasteiger partial charge in [0.1, 0.15) is 0 Å². The zero-order valence-electron chi connectivity index (χ0n) is 10.9. The molecule has 19 heavy (non-hydrogen) atoms. The third-order valence-electron chi connectivity index (χ3n) is 2.90. The number of halogens is 1. The summed E-state index contributed by atoms with van der Waals surface area (Å²) in [5.41, 5.74) is 7.06. The van der Waals surface area contributed by atoms with Gasteiger partial charge in [-0.1, -0.05) is 18.5 Å². The van der Waals surface area contributed by atoms with E-state index >= 15 is 0 Å². The number of benzene rings is 1. The first-order valence-electron chi connectivity index (χ1n) is 5.99. The summed E-state index contributed by atoms with van der Waals surface area (Å²) in [6, 6.07) is 5.35. The molecule has 6 nitrogen and oxygen atoms in total. The Morgan fingerprint density at radius 2 is 2.26 bits per heavy atom. The number of nitrogen functional groups attached to an aromatic ring is 1. The Balaban J connectivity index is 2.43. The molecule has 0 fully saturated rings. The van der Waals surface area contributed by atoms with E-state index in [1.54, 1.807) is 23.9 Å². The highest BCUT2D eigenvalue weighted by Crippen LogP contribution is 2.29. The van der Waals surface area contributed by atoms with Crippen LogP contribution in [0, 0.1) is 0 Å². The normalized spacial score (nSPS) is 12.6. The molecule has 0 aliphatic carbocycles. The van der Waals surface area contributed by atoms with Crippen molar-refractivity contribution < 1.29 is 4.74 Å². The molecular formula is C12H16ClN5O. The summed E-state index contributed by atoms with van der Waals surface area (Å²) >= 11 is 6.20. The lowest BCUT2D eigenvalue weighted by Gasteiger charge is -2.15. The predicted molar refractivity (Wildman–Crippen MR) is 73.9 cm³/mol. The Kier molecular flexibility index (Phi) is 4.34. The van der Waals surface area contributed by atoms with E-state index in [-0.39, 0.29) is 6.04 Å². The van der Waals surface area contributed by atoms with Crippen LogP contribution in [0.4, 0.5) is 5.69 Å². The lowest BCUT2D eigenvalue weighted by molar-refractivity contribution is 0.147. The molecule has 0 bridgehead atoms. The lowest BCUT2D eigenvalue weighted by atomic mass is 10.1. The molecule has 1 aromatic heterocycles. The van der Waals surface area contributed by atoms with Crippen LogP contribution in [0.5, 0.6) is 0 Å². The fraction of sp³-hybridized carbons (Fsp3) is 0.417. The van der Waals surface area contributed by atoms with Crippen molar-refractivity contribution in [2.75, 3.05) is 19.5 Å². The molecule has 102 valence electrons. The van der Waals surface area contributed by atoms with Crippen molar-refractivity contribution in [3.8, 4) is 11.4 Å². The van der Waals surface area contributed by atoms with Crippen LogP contribution < -0.4 is 5.73 Å². The summed E-state index contributed by atoms with van der Waals surface area (Å²) in [7, 11) is 1.66. The second-order valence-electron chi connectivity index (χ2n) is 4.20. The van der Waals surface area contributed by atoms with Crippen LogP contribution in [0.1, 0.15) is 19.4 Å². The van der Waals surface area contributed by atoms with E-state index in [4.69, 9.17) is 22.1 Å². The number of hydrogen-bond acceptors (Lipinski definition) is 5. The van der Waals surface area contributed by atoms with E-state index in [9.17, 15) is 0 Å². The van der Waals surface area contributed by atoms with Crippen molar-refractivity contribution in [1.82, 2.24) is 20.2 Å². The summed E-state index contributed by atoms with van der Waals surface area (Å²) < 4.78 is 6.93. The molecule has 1 aromatic carbocycles. The summed E-state index contributed by atoms with van der Waals surface area (Å²) in [5, 5.41) is 12.3. The van der Waals surface area contributed by atoms with Crippen molar-refractivity contribution in [1.29, 1.82) is 0 Å². The monoisotopic (exact) mass is 281 g/mol. The van der Waals surface area contributed by atoms with Gasteiger partial charge in [-0.2, -0.15) is 0 Å². The van der Waals surface area contributed by atoms with Crippen molar-refractivity contribution in [2.45, 2.75) is 19.4 Å². The molecule has 0 amide bonds. The third-order valence-corrected chi connectivity index (χ3v) is 3.22. The first-order valence-corrected chi connectivity index (χ1v) is 6.37. The van der Waals surface area contributed by atoms with Crippen LogP contribution in [0.15, 0.2) is 18.2 Å². The average molecular weight is 282 g/mol. The average Bonchev–Trinajstić information content (AvgIpc) is 2.85. The number of nitrogens with two attached hydrogens (primary N) is 1. The van der Waals surface area contributed by atoms with Gasteiger partial charge in [0.2, 0.25) is 0 Å². The molecule has 0 saturated heterocycles. The van der Waals surface area contributed by atoms with Gasteiger partial charge < -0.3 is 10.5 Å². The van der Waals surface area contributed by atoms with Gasteiger partial charge in [0.25, 0.3) is 0 Å². The molecule has 0 saturated carbocycles. The van der Waals surface area contributed by atoms with Gasteiger partial charge in [-0.05, 0) is 35.0 Å². The van der Waals surface area contributed by atoms with Crippen LogP contribution >= 0.6 is 11.6 Å². The van der Waals surface area contributed by atoms with Crippen LogP contribution in [0.25, 0.3) is 11.4 Å². The molecule has 2 N–H and O–H groups in total. The number of tetrazole rings is 1. The lowest BCUT2D eigenvalue weighted by Crippen LogP contribution is -2.16. The van der Waals surface area contributed by atoms with E-state index in [0.29, 0.717) is 23.1 Å². The van der Waals surface area contributed by atoms with Crippen LogP contribution in [0.3, 0.4) is 0 Å². The number of methoxy groups -OCH3 is 1. The zero-order chi connectivity index (χ0) is 13.8. The van der Waals surface area contributed by atoms with Crippen LogP contribution in [-0.2, 0) is 4.74 Å². The topological polar surface area (TPSA) is 78.8 Å². The molecule has 7 heteroatoms. The highest BCUT2D eigenvalue weighted by Gasteiger charge is 2.18. The minimum absolute atomic E-state index is 0.0728. The molecule has 0 aliphatic heterocycles. The van der Waals surface area contributed by atoms with E-state index in [2.05, 4.69) is 22.4 Å². The van der Waals surface area contributed by atoms with Gasteiger partial charge in [0, 0.05) is 18.4 Å². The molecule has 0 radical (unpaired) electrons. The van der Waals surface area contributed by atoms with E-state index in [1.807, 2.05) is 6.07 Å². The molecule has 0 aliphatic rings. The second-order valence-corrected chi connectivity index (χ2v) is 4.61. The number of ether oxygens (including phenoxy) is 1. The number of nitrogens with zero attached hydrogens (tertiary/aromatic N) is 4. The molecule has 1 unspecified atom stereocenters. The Labute approximate surface area is 116 Å². The number of aromatic nitrogens is 4. The minimum atomic E-state index is 0.0728. The van der Waals surface area contributed by atoms with Gasteiger partial charge in [-0.25, -0.2) is 4.68 Å². The summed E-state index contributed by atoms with van der Waals surface area (Å²) in [4.78, 5) is 0. The molecule has 2 rings (SSSR count). The molecule has 1 atom stereocenters. The second kappa shape index (κ2) is 5.99. The Bertz CT molecular complexity index is 557. The van der Waals surface area contributed by atoms with Crippen molar-refractivity contribution >= 4 is 17.3 Å². The highest BCUT2D eigenvalue weighted by molar-refractivity contribution is 6.33. The largest absolute Gasteiger partial charge is 0.399 e. The highest BCUT2D eigenvalue weighted by atomic mass is 35.5. The summed E-state index contributed by atoms with van der Waals surface area (Å²) in [6.07, 6.45) is 0.860. The quantitative estimate of drug-likeness (QED) is 0.850. The Morgan fingerprint density at radius 1 is 1.47 bits per heavy atom. The van der Waals surface area contributed by atoms with Gasteiger partial charge in [-0.3, -0.25) is 0 Å². The van der Waals surface area contributed by atoms with Crippen molar-refractivity contribution in [3.05, 3.63) is 23.2 Å². The van der Waals surface area contributed by atoms with Crippen molar-refractivity contribution in [2.24, 2.45) is 0 Å². The fourth-order valence-electron chi connectivity index (χ4n) is 1.88. The third kappa shape index (κ3) is 2.85.